The number of aliphatic hydroxyl groups excluding tert-OH is 1. The fourth-order valence-electron chi connectivity index (χ4n) is 10.4. The molecule has 0 unspecified atom stereocenters. The largest absolute Gasteiger partial charge is 0.465 e. The zero-order valence-corrected chi connectivity index (χ0v) is 45.1. The van der Waals surface area contributed by atoms with Gasteiger partial charge >= 0.3 is 11.9 Å². The quantitative estimate of drug-likeness (QED) is 0.0481. The lowest BCUT2D eigenvalue weighted by Crippen LogP contribution is -2.38. The molecule has 1 rings (SSSR count). The number of aliphatic hydroxyl groups is 1. The minimum atomic E-state index is -0.0147. The highest BCUT2D eigenvalue weighted by atomic mass is 16.5. The van der Waals surface area contributed by atoms with Gasteiger partial charge in [-0.3, -0.25) is 14.5 Å². The minimum absolute atomic E-state index is 0.00626. The molecule has 0 aromatic rings. The van der Waals surface area contributed by atoms with Gasteiger partial charge in [-0.15, -0.1) is 0 Å². The number of esters is 2. The molecule has 0 heterocycles. The number of ether oxygens (including phenoxy) is 2. The summed E-state index contributed by atoms with van der Waals surface area (Å²) in [6, 6.07) is 0. The highest BCUT2D eigenvalue weighted by Crippen LogP contribution is 2.28. The van der Waals surface area contributed by atoms with Gasteiger partial charge in [-0.25, -0.2) is 0 Å². The summed E-state index contributed by atoms with van der Waals surface area (Å²) in [5, 5.41) is 9.94. The first kappa shape index (κ1) is 62.8. The summed E-state index contributed by atoms with van der Waals surface area (Å²) in [5.74, 6) is 1.91. The number of rotatable bonds is 52. The number of unbranched alkanes of at least 4 members (excludes halogenated alkanes) is 24. The van der Waals surface area contributed by atoms with Gasteiger partial charge in [0.05, 0.1) is 19.8 Å². The van der Waals surface area contributed by atoms with Crippen LogP contribution >= 0.6 is 0 Å². The summed E-state index contributed by atoms with van der Waals surface area (Å²) in [4.78, 5) is 30.8. The van der Waals surface area contributed by atoms with Gasteiger partial charge < -0.3 is 19.5 Å². The van der Waals surface area contributed by atoms with Crippen LogP contribution in [0.1, 0.15) is 291 Å². The minimum Gasteiger partial charge on any atom is -0.465 e. The summed E-state index contributed by atoms with van der Waals surface area (Å²) in [5.41, 5.74) is 0. The highest BCUT2D eigenvalue weighted by Gasteiger charge is 2.18. The predicted octanol–water partition coefficient (Wildman–Crippen LogP) is 16.6. The normalized spacial score (nSPS) is 13.3. The van der Waals surface area contributed by atoms with Crippen molar-refractivity contribution in [1.29, 1.82) is 0 Å². The van der Waals surface area contributed by atoms with Crippen LogP contribution < -0.4 is 0 Å². The van der Waals surface area contributed by atoms with Crippen molar-refractivity contribution in [2.24, 2.45) is 17.8 Å². The fourth-order valence-corrected chi connectivity index (χ4v) is 10.4. The van der Waals surface area contributed by atoms with Crippen molar-refractivity contribution < 1.29 is 24.2 Å². The van der Waals surface area contributed by atoms with Crippen molar-refractivity contribution in [3.05, 3.63) is 0 Å². The number of hydrogen-bond acceptors (Lipinski definition) is 7. The van der Waals surface area contributed by atoms with Crippen LogP contribution in [0, 0.1) is 17.8 Å². The molecule has 0 atom stereocenters. The molecular weight excluding hydrogens is 817 g/mol. The molecular formula is C59H116N2O5. The molecule has 0 aromatic heterocycles. The molecule has 66 heavy (non-hydrogen) atoms. The molecule has 1 saturated carbocycles. The molecule has 0 saturated heterocycles. The van der Waals surface area contributed by atoms with E-state index < -0.39 is 0 Å². The number of carbonyl (C=O) groups is 2. The van der Waals surface area contributed by atoms with Gasteiger partial charge in [0.15, 0.2) is 0 Å². The maximum absolute atomic E-state index is 12.9. The van der Waals surface area contributed by atoms with Crippen LogP contribution in [-0.2, 0) is 19.1 Å². The standard InChI is InChI=1S/C59H116N2O5/c1-5-9-13-17-21-27-39-56(40-28-22-18-14-10-6-2)53-65-58(63)43-31-25-35-46-60(48-45-55-37-33-34-38-55)49-50-61(51-52-62)47-36-26-32-44-59(64)66-54-57(41-29-23-19-15-11-7-3)42-30-24-20-16-12-8-4/h55-57,62H,5-54H2,1-4H3. The van der Waals surface area contributed by atoms with Gasteiger partial charge in [0.25, 0.3) is 0 Å². The third kappa shape index (κ3) is 40.7. The average molecular weight is 934 g/mol. The maximum atomic E-state index is 12.9. The Morgan fingerprint density at radius 2 is 0.758 bits per heavy atom. The summed E-state index contributed by atoms with van der Waals surface area (Å²) in [7, 11) is 0. The van der Waals surface area contributed by atoms with Gasteiger partial charge in [-0.05, 0) is 95.2 Å². The van der Waals surface area contributed by atoms with E-state index in [1.165, 1.54) is 212 Å². The number of hydrogen-bond donors (Lipinski definition) is 1. The van der Waals surface area contributed by atoms with E-state index in [1.54, 1.807) is 0 Å². The van der Waals surface area contributed by atoms with E-state index in [2.05, 4.69) is 37.5 Å². The second-order valence-electron chi connectivity index (χ2n) is 21.3. The first-order valence-corrected chi connectivity index (χ1v) is 29.8. The zero-order valence-electron chi connectivity index (χ0n) is 45.1. The van der Waals surface area contributed by atoms with E-state index in [4.69, 9.17) is 9.47 Å². The number of nitrogens with zero attached hydrogens (tertiary/aromatic N) is 2. The Hall–Kier alpha value is -1.18. The van der Waals surface area contributed by atoms with Gasteiger partial charge in [0, 0.05) is 32.5 Å². The summed E-state index contributed by atoms with van der Waals surface area (Å²) < 4.78 is 11.8. The van der Waals surface area contributed by atoms with E-state index in [-0.39, 0.29) is 18.5 Å². The smallest absolute Gasteiger partial charge is 0.305 e. The first-order chi connectivity index (χ1) is 32.4. The molecule has 1 aliphatic carbocycles. The summed E-state index contributed by atoms with van der Waals surface area (Å²) in [6.45, 7) is 16.4. The molecule has 392 valence electrons. The Kier molecular flexibility index (Phi) is 46.5. The van der Waals surface area contributed by atoms with Crippen molar-refractivity contribution in [3.63, 3.8) is 0 Å². The van der Waals surface area contributed by atoms with Gasteiger partial charge in [-0.1, -0.05) is 220 Å². The Morgan fingerprint density at radius 1 is 0.424 bits per heavy atom. The second-order valence-corrected chi connectivity index (χ2v) is 21.3. The van der Waals surface area contributed by atoms with E-state index in [0.29, 0.717) is 44.4 Å². The molecule has 0 amide bonds. The molecule has 1 N–H and O–H groups in total. The molecule has 0 aliphatic heterocycles. The Bertz CT molecular complexity index is 988. The monoisotopic (exact) mass is 933 g/mol. The first-order valence-electron chi connectivity index (χ1n) is 29.8. The SMILES string of the molecule is CCCCCCCCC(CCCCCCCC)COC(=O)CCCCCN(CCO)CCN(CCCCCC(=O)OCC(CCCCCCCC)CCCCCCCC)CCC1CCCC1. The van der Waals surface area contributed by atoms with E-state index in [0.717, 1.165) is 77.2 Å². The Labute approximate surface area is 412 Å². The van der Waals surface area contributed by atoms with Crippen molar-refractivity contribution in [1.82, 2.24) is 9.80 Å². The van der Waals surface area contributed by atoms with Gasteiger partial charge in [0.2, 0.25) is 0 Å². The zero-order chi connectivity index (χ0) is 47.8. The number of carbonyl (C=O) groups excluding carboxylic acids is 2. The lowest BCUT2D eigenvalue weighted by molar-refractivity contribution is -0.146. The Morgan fingerprint density at radius 3 is 1.12 bits per heavy atom. The van der Waals surface area contributed by atoms with Crippen LogP contribution in [0.3, 0.4) is 0 Å². The Balaban J connectivity index is 2.47. The highest BCUT2D eigenvalue weighted by molar-refractivity contribution is 5.69. The van der Waals surface area contributed by atoms with Crippen molar-refractivity contribution in [2.75, 3.05) is 59.1 Å². The molecule has 1 fully saturated rings. The van der Waals surface area contributed by atoms with Crippen LogP contribution in [0.25, 0.3) is 0 Å². The molecule has 0 spiro atoms. The molecule has 7 heteroatoms. The average Bonchev–Trinajstić information content (AvgIpc) is 3.85. The topological polar surface area (TPSA) is 79.3 Å². The van der Waals surface area contributed by atoms with Crippen LogP contribution in [-0.4, -0.2) is 85.9 Å². The summed E-state index contributed by atoms with van der Waals surface area (Å²) in [6.07, 6.45) is 50.4. The van der Waals surface area contributed by atoms with Gasteiger partial charge in [0.1, 0.15) is 0 Å². The van der Waals surface area contributed by atoms with Gasteiger partial charge in [-0.2, -0.15) is 0 Å². The molecule has 1 aliphatic rings. The maximum Gasteiger partial charge on any atom is 0.305 e. The fraction of sp³-hybridized carbons (Fsp3) is 0.966. The molecule has 0 aromatic carbocycles. The van der Waals surface area contributed by atoms with Crippen LogP contribution in [0.2, 0.25) is 0 Å². The molecule has 0 radical (unpaired) electrons. The van der Waals surface area contributed by atoms with E-state index in [1.807, 2.05) is 0 Å². The second kappa shape index (κ2) is 48.8. The third-order valence-electron chi connectivity index (χ3n) is 15.0. The van der Waals surface area contributed by atoms with Crippen LogP contribution in [0.4, 0.5) is 0 Å². The van der Waals surface area contributed by atoms with Crippen molar-refractivity contribution in [3.8, 4) is 0 Å². The lowest BCUT2D eigenvalue weighted by Gasteiger charge is -2.28. The predicted molar refractivity (Wildman–Crippen MR) is 284 cm³/mol. The molecule has 7 nitrogen and oxygen atoms in total. The van der Waals surface area contributed by atoms with Crippen LogP contribution in [0.15, 0.2) is 0 Å². The molecule has 0 bridgehead atoms. The van der Waals surface area contributed by atoms with Crippen molar-refractivity contribution in [2.45, 2.75) is 291 Å². The van der Waals surface area contributed by atoms with E-state index >= 15 is 0 Å². The summed E-state index contributed by atoms with van der Waals surface area (Å²) >= 11 is 0. The lowest BCUT2D eigenvalue weighted by atomic mass is 9.94. The van der Waals surface area contributed by atoms with Crippen LogP contribution in [0.5, 0.6) is 0 Å². The van der Waals surface area contributed by atoms with E-state index in [9.17, 15) is 14.7 Å². The third-order valence-corrected chi connectivity index (χ3v) is 15.0. The van der Waals surface area contributed by atoms with Crippen molar-refractivity contribution >= 4 is 11.9 Å².